The summed E-state index contributed by atoms with van der Waals surface area (Å²) in [5, 5.41) is 5.00. The molecule has 1 N–H and O–H groups in total. The molecule has 0 fully saturated rings. The number of ether oxygens (including phenoxy) is 1. The molecule has 4 rings (SSSR count). The average molecular weight is 484 g/mol. The number of rotatable bonds is 8. The number of thiazole rings is 1. The Hall–Kier alpha value is -3.17. The maximum absolute atomic E-state index is 13.1. The van der Waals surface area contributed by atoms with E-state index in [1.54, 1.807) is 30.3 Å². The Bertz CT molecular complexity index is 1280. The molecule has 1 aliphatic rings. The smallest absolute Gasteiger partial charge is 0.291 e. The predicted octanol–water partition coefficient (Wildman–Crippen LogP) is 4.69. The molecule has 1 aliphatic heterocycles. The van der Waals surface area contributed by atoms with Crippen molar-refractivity contribution in [2.45, 2.75) is 25.2 Å². The number of sulfonamides is 1. The van der Waals surface area contributed by atoms with Gasteiger partial charge < -0.3 is 4.74 Å². The number of hydrogen-bond donors (Lipinski definition) is 1. The molecule has 0 aliphatic carbocycles. The first-order chi connectivity index (χ1) is 15.8. The molecule has 0 spiro atoms. The third-order valence-electron chi connectivity index (χ3n) is 5.13. The molecule has 7 nitrogen and oxygen atoms in total. The van der Waals surface area contributed by atoms with E-state index in [4.69, 9.17) is 4.74 Å². The SMILES string of the molecule is C=C(OCC(C)C)C(=O)Nc1nc(-c2ccc3c(c2)CCN3S(=O)(=O)c2ccccc2)cs1. The summed E-state index contributed by atoms with van der Waals surface area (Å²) in [6, 6.07) is 14.1. The lowest BCUT2D eigenvalue weighted by Crippen LogP contribution is -2.29. The van der Waals surface area contributed by atoms with Crippen LogP contribution in [-0.4, -0.2) is 32.5 Å². The number of nitrogens with one attached hydrogen (secondary N) is 1. The number of amides is 1. The van der Waals surface area contributed by atoms with Crippen molar-refractivity contribution in [2.75, 3.05) is 22.8 Å². The first-order valence-corrected chi connectivity index (χ1v) is 12.9. The molecule has 2 aromatic carbocycles. The van der Waals surface area contributed by atoms with Crippen molar-refractivity contribution < 1.29 is 17.9 Å². The van der Waals surface area contributed by atoms with E-state index in [0.29, 0.717) is 42.0 Å². The van der Waals surface area contributed by atoms with Gasteiger partial charge in [-0.1, -0.05) is 44.7 Å². The van der Waals surface area contributed by atoms with Crippen LogP contribution in [0.1, 0.15) is 19.4 Å². The second-order valence-electron chi connectivity index (χ2n) is 8.10. The topological polar surface area (TPSA) is 88.6 Å². The highest BCUT2D eigenvalue weighted by Gasteiger charge is 2.31. The van der Waals surface area contributed by atoms with Gasteiger partial charge in [0.2, 0.25) is 0 Å². The van der Waals surface area contributed by atoms with Gasteiger partial charge in [0, 0.05) is 17.5 Å². The first-order valence-electron chi connectivity index (χ1n) is 10.6. The Balaban J connectivity index is 1.49. The summed E-state index contributed by atoms with van der Waals surface area (Å²) in [4.78, 5) is 17.0. The summed E-state index contributed by atoms with van der Waals surface area (Å²) in [7, 11) is -3.61. The Morgan fingerprint density at radius 3 is 2.73 bits per heavy atom. The van der Waals surface area contributed by atoms with Crippen LogP contribution in [-0.2, 0) is 26.0 Å². The molecule has 0 bridgehead atoms. The molecule has 0 radical (unpaired) electrons. The number of fused-ring (bicyclic) bond motifs is 1. The first kappa shape index (κ1) is 23.0. The van der Waals surface area contributed by atoms with Gasteiger partial charge in [-0.25, -0.2) is 13.4 Å². The zero-order valence-electron chi connectivity index (χ0n) is 18.4. The average Bonchev–Trinajstić information content (AvgIpc) is 3.44. The number of hydrogen-bond acceptors (Lipinski definition) is 6. The zero-order valence-corrected chi connectivity index (χ0v) is 20.1. The maximum Gasteiger partial charge on any atom is 0.291 e. The molecule has 1 aromatic heterocycles. The van der Waals surface area contributed by atoms with Gasteiger partial charge in [0.05, 0.1) is 22.9 Å². The molecule has 0 saturated heterocycles. The van der Waals surface area contributed by atoms with E-state index in [2.05, 4.69) is 16.9 Å². The van der Waals surface area contributed by atoms with Crippen molar-refractivity contribution in [3.05, 3.63) is 71.8 Å². The van der Waals surface area contributed by atoms with Gasteiger partial charge in [-0.15, -0.1) is 11.3 Å². The number of carbonyl (C=O) groups is 1. The molecule has 0 saturated carbocycles. The Kier molecular flexibility index (Phi) is 6.53. The number of benzene rings is 2. The minimum Gasteiger partial charge on any atom is -0.488 e. The van der Waals surface area contributed by atoms with Crippen LogP contribution < -0.4 is 9.62 Å². The van der Waals surface area contributed by atoms with Crippen LogP contribution in [0.4, 0.5) is 10.8 Å². The second kappa shape index (κ2) is 9.36. The van der Waals surface area contributed by atoms with Crippen molar-refractivity contribution in [2.24, 2.45) is 5.92 Å². The van der Waals surface area contributed by atoms with Crippen molar-refractivity contribution >= 4 is 38.1 Å². The van der Waals surface area contributed by atoms with Crippen LogP contribution in [0.5, 0.6) is 0 Å². The minimum absolute atomic E-state index is 0.0534. The normalized spacial score (nSPS) is 13.1. The van der Waals surface area contributed by atoms with Crippen molar-refractivity contribution in [3.63, 3.8) is 0 Å². The van der Waals surface area contributed by atoms with E-state index in [9.17, 15) is 13.2 Å². The molecule has 33 heavy (non-hydrogen) atoms. The summed E-state index contributed by atoms with van der Waals surface area (Å²) >= 11 is 1.30. The number of anilines is 2. The van der Waals surface area contributed by atoms with Gasteiger partial charge in [0.25, 0.3) is 15.9 Å². The molecule has 9 heteroatoms. The van der Waals surface area contributed by atoms with E-state index in [1.807, 2.05) is 37.4 Å². The fraction of sp³-hybridized carbons (Fsp3) is 0.250. The van der Waals surface area contributed by atoms with Crippen molar-refractivity contribution in [1.29, 1.82) is 0 Å². The van der Waals surface area contributed by atoms with Crippen LogP contribution in [0.15, 0.2) is 71.1 Å². The summed E-state index contributed by atoms with van der Waals surface area (Å²) in [6.45, 7) is 8.46. The Morgan fingerprint density at radius 1 is 1.24 bits per heavy atom. The fourth-order valence-electron chi connectivity index (χ4n) is 3.46. The van der Waals surface area contributed by atoms with E-state index >= 15 is 0 Å². The Morgan fingerprint density at radius 2 is 2.00 bits per heavy atom. The van der Waals surface area contributed by atoms with Crippen LogP contribution in [0, 0.1) is 5.92 Å². The number of nitrogens with zero attached hydrogens (tertiary/aromatic N) is 2. The van der Waals surface area contributed by atoms with Gasteiger partial charge in [0.15, 0.2) is 10.9 Å². The highest BCUT2D eigenvalue weighted by Crippen LogP contribution is 2.36. The lowest BCUT2D eigenvalue weighted by molar-refractivity contribution is -0.116. The van der Waals surface area contributed by atoms with Gasteiger partial charge in [0.1, 0.15) is 0 Å². The van der Waals surface area contributed by atoms with Crippen LogP contribution in [0.3, 0.4) is 0 Å². The second-order valence-corrected chi connectivity index (χ2v) is 10.8. The molecule has 172 valence electrons. The maximum atomic E-state index is 13.1. The third-order valence-corrected chi connectivity index (χ3v) is 7.71. The van der Waals surface area contributed by atoms with Crippen LogP contribution in [0.25, 0.3) is 11.3 Å². The Labute approximate surface area is 197 Å². The van der Waals surface area contributed by atoms with Gasteiger partial charge >= 0.3 is 0 Å². The number of aromatic nitrogens is 1. The molecule has 1 amide bonds. The zero-order chi connectivity index (χ0) is 23.6. The summed E-state index contributed by atoms with van der Waals surface area (Å²) in [5.41, 5.74) is 3.20. The lowest BCUT2D eigenvalue weighted by Gasteiger charge is -2.19. The molecule has 2 heterocycles. The van der Waals surface area contributed by atoms with Gasteiger partial charge in [-0.05, 0) is 42.2 Å². The van der Waals surface area contributed by atoms with E-state index < -0.39 is 15.9 Å². The largest absolute Gasteiger partial charge is 0.488 e. The van der Waals surface area contributed by atoms with E-state index in [-0.39, 0.29) is 10.7 Å². The quantitative estimate of drug-likeness (QED) is 0.371. The fourth-order valence-corrected chi connectivity index (χ4v) is 5.70. The van der Waals surface area contributed by atoms with Crippen LogP contribution in [0.2, 0.25) is 0 Å². The number of carbonyl (C=O) groups excluding carboxylic acids is 1. The standard InChI is InChI=1S/C24H25N3O4S2/c1-16(2)14-31-17(3)23(28)26-24-25-21(15-32-24)18-9-10-22-19(13-18)11-12-27(22)33(29,30)20-7-5-4-6-8-20/h4-10,13,15-16H,3,11-12,14H2,1-2H3,(H,25,26,28). The summed E-state index contributed by atoms with van der Waals surface area (Å²) in [6.07, 6.45) is 0.621. The molecular formula is C24H25N3O4S2. The van der Waals surface area contributed by atoms with E-state index in [0.717, 1.165) is 11.1 Å². The monoisotopic (exact) mass is 483 g/mol. The van der Waals surface area contributed by atoms with Crippen molar-refractivity contribution in [1.82, 2.24) is 4.98 Å². The third kappa shape index (κ3) is 4.94. The molecule has 3 aromatic rings. The molecular weight excluding hydrogens is 458 g/mol. The van der Waals surface area contributed by atoms with Gasteiger partial charge in [-0.2, -0.15) is 0 Å². The minimum atomic E-state index is -3.61. The predicted molar refractivity (Wildman–Crippen MR) is 131 cm³/mol. The summed E-state index contributed by atoms with van der Waals surface area (Å²) in [5.74, 6) is -0.0793. The van der Waals surface area contributed by atoms with Crippen molar-refractivity contribution in [3.8, 4) is 11.3 Å². The molecule has 0 atom stereocenters. The van der Waals surface area contributed by atoms with Crippen LogP contribution >= 0.6 is 11.3 Å². The highest BCUT2D eigenvalue weighted by molar-refractivity contribution is 7.92. The molecule has 0 unspecified atom stereocenters. The van der Waals surface area contributed by atoms with E-state index in [1.165, 1.54) is 15.6 Å². The highest BCUT2D eigenvalue weighted by atomic mass is 32.2. The summed E-state index contributed by atoms with van der Waals surface area (Å²) < 4.78 is 32.9. The lowest BCUT2D eigenvalue weighted by atomic mass is 10.1. The van der Waals surface area contributed by atoms with Gasteiger partial charge in [-0.3, -0.25) is 14.4 Å².